The first-order chi connectivity index (χ1) is 11.8. The van der Waals surface area contributed by atoms with Gasteiger partial charge in [0.05, 0.1) is 5.52 Å². The summed E-state index contributed by atoms with van der Waals surface area (Å²) in [4.78, 5) is 15.2. The Balaban J connectivity index is 2.15. The highest BCUT2D eigenvalue weighted by Gasteiger charge is 2.31. The van der Waals surface area contributed by atoms with Crippen LogP contribution in [0.4, 0.5) is 8.78 Å². The summed E-state index contributed by atoms with van der Waals surface area (Å²) in [5, 5.41) is 0.529. The topological polar surface area (TPSA) is 25.2 Å². The largest absolute Gasteiger partial charge is 0.308 e. The van der Waals surface area contributed by atoms with Gasteiger partial charge in [-0.1, -0.05) is 5.57 Å². The fraction of sp³-hybridized carbons (Fsp3) is 0.450. The van der Waals surface area contributed by atoms with Crippen LogP contribution < -0.4 is 5.56 Å². The molecule has 0 bridgehead atoms. The Morgan fingerprint density at radius 3 is 2.64 bits per heavy atom. The van der Waals surface area contributed by atoms with Gasteiger partial charge in [0.25, 0.3) is 5.56 Å². The van der Waals surface area contributed by atoms with E-state index in [1.54, 1.807) is 7.05 Å². The van der Waals surface area contributed by atoms with Crippen LogP contribution in [0.15, 0.2) is 16.4 Å². The molecule has 1 aromatic carbocycles. The van der Waals surface area contributed by atoms with Gasteiger partial charge in [0.2, 0.25) is 0 Å². The molecule has 2 aromatic rings. The van der Waals surface area contributed by atoms with E-state index in [-0.39, 0.29) is 16.6 Å². The van der Waals surface area contributed by atoms with Gasteiger partial charge in [-0.2, -0.15) is 0 Å². The van der Waals surface area contributed by atoms with E-state index in [9.17, 15) is 13.6 Å². The summed E-state index contributed by atoms with van der Waals surface area (Å²) >= 11 is 0. The van der Waals surface area contributed by atoms with Crippen molar-refractivity contribution in [3.8, 4) is 0 Å². The van der Waals surface area contributed by atoms with E-state index in [0.29, 0.717) is 23.4 Å². The predicted octanol–water partition coefficient (Wildman–Crippen LogP) is 3.55. The van der Waals surface area contributed by atoms with Gasteiger partial charge in [0, 0.05) is 36.1 Å². The van der Waals surface area contributed by atoms with Crippen LogP contribution in [-0.4, -0.2) is 29.1 Å². The van der Waals surface area contributed by atoms with Gasteiger partial charge in [-0.3, -0.25) is 9.69 Å². The number of aromatic nitrogens is 1. The maximum absolute atomic E-state index is 14.8. The molecule has 0 saturated carbocycles. The van der Waals surface area contributed by atoms with Gasteiger partial charge < -0.3 is 4.57 Å². The standard InChI is InChI=1S/C20H22F2N2O/c1-10-7-14-12(9-23(10)3)5-6-13-17(14)15-8-16(21)11(2)18(22)19(15)24(4)20(13)25/h8,10H,5-7,9H2,1-4H3. The van der Waals surface area contributed by atoms with E-state index in [1.165, 1.54) is 23.1 Å². The number of benzene rings is 1. The molecule has 1 aromatic heterocycles. The van der Waals surface area contributed by atoms with Crippen molar-refractivity contribution < 1.29 is 8.78 Å². The van der Waals surface area contributed by atoms with Crippen LogP contribution in [0.1, 0.15) is 36.5 Å². The third-order valence-corrected chi connectivity index (χ3v) is 5.99. The summed E-state index contributed by atoms with van der Waals surface area (Å²) in [6.45, 7) is 4.41. The maximum atomic E-state index is 14.8. The van der Waals surface area contributed by atoms with Crippen molar-refractivity contribution >= 4 is 16.5 Å². The summed E-state index contributed by atoms with van der Waals surface area (Å²) in [6, 6.07) is 1.74. The molecule has 0 fully saturated rings. The Morgan fingerprint density at radius 1 is 1.20 bits per heavy atom. The fourth-order valence-electron chi connectivity index (χ4n) is 4.31. The first-order valence-electron chi connectivity index (χ1n) is 8.73. The normalized spacial score (nSPS) is 20.8. The van der Waals surface area contributed by atoms with Crippen LogP contribution in [0, 0.1) is 18.6 Å². The van der Waals surface area contributed by atoms with Crippen LogP contribution in [-0.2, 0) is 13.5 Å². The van der Waals surface area contributed by atoms with E-state index in [2.05, 4.69) is 18.9 Å². The average molecular weight is 344 g/mol. The Hall–Kier alpha value is -2.01. The minimum Gasteiger partial charge on any atom is -0.308 e. The SMILES string of the molecule is Cc1c(F)cc2c3c(c(=O)n(C)c2c1F)CCC1=C3CC(C)N(C)C1. The molecule has 0 radical (unpaired) electrons. The van der Waals surface area contributed by atoms with Gasteiger partial charge in [-0.15, -0.1) is 0 Å². The molecule has 0 amide bonds. The molecule has 1 atom stereocenters. The second-order valence-corrected chi connectivity index (χ2v) is 7.46. The second-order valence-electron chi connectivity index (χ2n) is 7.46. The minimum atomic E-state index is -0.633. The number of aryl methyl sites for hydroxylation is 1. The van der Waals surface area contributed by atoms with E-state index in [4.69, 9.17) is 0 Å². The third kappa shape index (κ3) is 2.21. The number of pyridine rings is 1. The molecule has 132 valence electrons. The highest BCUT2D eigenvalue weighted by Crippen LogP contribution is 2.41. The highest BCUT2D eigenvalue weighted by atomic mass is 19.1. The minimum absolute atomic E-state index is 0.0378. The van der Waals surface area contributed by atoms with Gasteiger partial charge in [0.15, 0.2) is 5.82 Å². The van der Waals surface area contributed by atoms with Crippen LogP contribution in [0.25, 0.3) is 16.5 Å². The molecular formula is C20H22F2N2O. The molecule has 0 N–H and O–H groups in total. The molecule has 25 heavy (non-hydrogen) atoms. The summed E-state index contributed by atoms with van der Waals surface area (Å²) < 4.78 is 30.5. The van der Waals surface area contributed by atoms with Gasteiger partial charge in [-0.25, -0.2) is 8.78 Å². The Morgan fingerprint density at radius 2 is 1.92 bits per heavy atom. The zero-order chi connectivity index (χ0) is 18.0. The van der Waals surface area contributed by atoms with E-state index in [0.717, 1.165) is 30.5 Å². The predicted molar refractivity (Wildman–Crippen MR) is 95.8 cm³/mol. The zero-order valence-electron chi connectivity index (χ0n) is 15.0. The molecule has 0 spiro atoms. The number of hydrogen-bond acceptors (Lipinski definition) is 2. The summed E-state index contributed by atoms with van der Waals surface area (Å²) in [5.41, 5.74) is 3.92. The average Bonchev–Trinajstić information content (AvgIpc) is 2.57. The van der Waals surface area contributed by atoms with Gasteiger partial charge >= 0.3 is 0 Å². The van der Waals surface area contributed by atoms with Crippen molar-refractivity contribution in [3.63, 3.8) is 0 Å². The number of likely N-dealkylation sites (N-methyl/N-ethyl adjacent to an activating group) is 1. The number of fused-ring (bicyclic) bond motifs is 4. The second kappa shape index (κ2) is 5.49. The molecule has 4 rings (SSSR count). The van der Waals surface area contributed by atoms with Crippen LogP contribution >= 0.6 is 0 Å². The zero-order valence-corrected chi connectivity index (χ0v) is 15.0. The van der Waals surface area contributed by atoms with Crippen molar-refractivity contribution in [3.05, 3.63) is 50.3 Å². The Kier molecular flexibility index (Phi) is 3.62. The van der Waals surface area contributed by atoms with Gasteiger partial charge in [0.1, 0.15) is 5.82 Å². The summed E-state index contributed by atoms with van der Waals surface area (Å²) in [6.07, 6.45) is 2.28. The first kappa shape index (κ1) is 16.5. The van der Waals surface area contributed by atoms with E-state index >= 15 is 0 Å². The monoisotopic (exact) mass is 344 g/mol. The van der Waals surface area contributed by atoms with Crippen molar-refractivity contribution in [2.24, 2.45) is 7.05 Å². The number of rotatable bonds is 0. The quantitative estimate of drug-likeness (QED) is 0.730. The molecule has 1 aliphatic carbocycles. The van der Waals surface area contributed by atoms with Crippen LogP contribution in [0.5, 0.6) is 0 Å². The molecule has 1 unspecified atom stereocenters. The third-order valence-electron chi connectivity index (χ3n) is 5.99. The van der Waals surface area contributed by atoms with Crippen LogP contribution in [0.3, 0.4) is 0 Å². The number of hydrogen-bond donors (Lipinski definition) is 0. The lowest BCUT2D eigenvalue weighted by molar-refractivity contribution is 0.267. The Bertz CT molecular complexity index is 1000. The number of nitrogens with zero attached hydrogens (tertiary/aromatic N) is 2. The lowest BCUT2D eigenvalue weighted by atomic mass is 9.79. The molecule has 5 heteroatoms. The Labute approximate surface area is 145 Å². The van der Waals surface area contributed by atoms with E-state index in [1.807, 2.05) is 0 Å². The molecule has 0 saturated heterocycles. The van der Waals surface area contributed by atoms with Crippen molar-refractivity contribution in [1.82, 2.24) is 9.47 Å². The lowest BCUT2D eigenvalue weighted by Crippen LogP contribution is -2.37. The van der Waals surface area contributed by atoms with E-state index < -0.39 is 11.6 Å². The first-order valence-corrected chi connectivity index (χ1v) is 8.73. The summed E-state index contributed by atoms with van der Waals surface area (Å²) in [7, 11) is 3.67. The fourth-order valence-corrected chi connectivity index (χ4v) is 4.31. The molecule has 2 heterocycles. The van der Waals surface area contributed by atoms with Crippen molar-refractivity contribution in [1.29, 1.82) is 0 Å². The molecule has 3 nitrogen and oxygen atoms in total. The van der Waals surface area contributed by atoms with Crippen molar-refractivity contribution in [2.45, 2.75) is 39.2 Å². The summed E-state index contributed by atoms with van der Waals surface area (Å²) in [5.74, 6) is -1.19. The number of halogens is 2. The smallest absolute Gasteiger partial charge is 0.254 e. The van der Waals surface area contributed by atoms with Crippen molar-refractivity contribution in [2.75, 3.05) is 13.6 Å². The highest BCUT2D eigenvalue weighted by molar-refractivity contribution is 5.95. The lowest BCUT2D eigenvalue weighted by Gasteiger charge is -2.37. The van der Waals surface area contributed by atoms with Gasteiger partial charge in [-0.05, 0) is 57.4 Å². The maximum Gasteiger partial charge on any atom is 0.254 e. The molecular weight excluding hydrogens is 322 g/mol. The molecule has 1 aliphatic heterocycles. The van der Waals surface area contributed by atoms with Crippen LogP contribution in [0.2, 0.25) is 0 Å². The molecule has 2 aliphatic rings.